The third-order valence-corrected chi connectivity index (χ3v) is 0.803. The Morgan fingerprint density at radius 3 is 2.00 bits per heavy atom. The van der Waals surface area contributed by atoms with E-state index in [2.05, 4.69) is 11.7 Å². The molecule has 5 heteroatoms. The monoisotopic (exact) mass is 248 g/mol. The molecule has 0 aromatic rings. The second-order valence-electron chi connectivity index (χ2n) is 2.47. The number of carbonyl (C=O) groups is 1. The zero-order valence-corrected chi connectivity index (χ0v) is 10.3. The van der Waals surface area contributed by atoms with Gasteiger partial charge in [-0.3, -0.25) is 4.79 Å². The molecule has 0 heterocycles. The molecule has 2 nitrogen and oxygen atoms in total. The molecule has 80 valence electrons. The van der Waals surface area contributed by atoms with Crippen molar-refractivity contribution in [2.24, 2.45) is 0 Å². The van der Waals surface area contributed by atoms with Gasteiger partial charge in [0.25, 0.3) is 0 Å². The van der Waals surface area contributed by atoms with E-state index < -0.39 is 3.79 Å². The molecule has 0 aliphatic rings. The number of ether oxygens (including phenoxy) is 1. The zero-order valence-electron chi connectivity index (χ0n) is 8.07. The third-order valence-electron chi connectivity index (χ3n) is 0.803. The molecule has 13 heavy (non-hydrogen) atoms. The van der Waals surface area contributed by atoms with E-state index in [1.54, 1.807) is 0 Å². The molecule has 0 saturated carbocycles. The summed E-state index contributed by atoms with van der Waals surface area (Å²) < 4.78 is 3.56. The summed E-state index contributed by atoms with van der Waals surface area (Å²) in [6.07, 6.45) is 2.05. The average molecular weight is 250 g/mol. The van der Waals surface area contributed by atoms with E-state index in [0.29, 0.717) is 6.61 Å². The van der Waals surface area contributed by atoms with E-state index in [1.807, 2.05) is 0 Å². The quantitative estimate of drug-likeness (QED) is 0.433. The summed E-state index contributed by atoms with van der Waals surface area (Å²) >= 11 is 15.2. The van der Waals surface area contributed by atoms with Crippen LogP contribution in [0.3, 0.4) is 0 Å². The maximum Gasteiger partial charge on any atom is 0.302 e. The fourth-order valence-corrected chi connectivity index (χ4v) is 0.360. The third kappa shape index (κ3) is 46.3. The lowest BCUT2D eigenvalue weighted by Gasteiger charge is -1.96. The number of unbranched alkanes of at least 4 members (excludes halogenated alkanes) is 1. The van der Waals surface area contributed by atoms with E-state index in [9.17, 15) is 4.79 Å². The fourth-order valence-electron chi connectivity index (χ4n) is 0.360. The van der Waals surface area contributed by atoms with Crippen LogP contribution in [0.4, 0.5) is 0 Å². The molecule has 0 unspecified atom stereocenters. The molecule has 0 saturated heterocycles. The second-order valence-corrected chi connectivity index (χ2v) is 5.32. The number of alkyl halides is 3. The normalized spacial score (nSPS) is 10.0. The van der Waals surface area contributed by atoms with Crippen molar-refractivity contribution in [1.29, 1.82) is 0 Å². The summed E-state index contributed by atoms with van der Waals surface area (Å²) in [6.45, 7) is 5.54. The van der Waals surface area contributed by atoms with Crippen molar-refractivity contribution in [3.8, 4) is 0 Å². The molecule has 0 aliphatic carbocycles. The average Bonchev–Trinajstić information content (AvgIpc) is 1.83. The van der Waals surface area contributed by atoms with Crippen LogP contribution in [0.25, 0.3) is 0 Å². The summed E-state index contributed by atoms with van der Waals surface area (Å²) in [6, 6.07) is 0. The van der Waals surface area contributed by atoms with Gasteiger partial charge in [0.2, 0.25) is 0 Å². The SMILES string of the molecule is CC(Cl)(Cl)Cl.CCCCOC(C)=O. The number of esters is 1. The Hall–Kier alpha value is 0.340. The Morgan fingerprint density at radius 1 is 1.38 bits per heavy atom. The van der Waals surface area contributed by atoms with Crippen molar-refractivity contribution < 1.29 is 9.53 Å². The van der Waals surface area contributed by atoms with Gasteiger partial charge in [0.1, 0.15) is 0 Å². The minimum Gasteiger partial charge on any atom is -0.466 e. The van der Waals surface area contributed by atoms with Crippen LogP contribution in [0.1, 0.15) is 33.6 Å². The molecule has 0 bridgehead atoms. The van der Waals surface area contributed by atoms with Gasteiger partial charge in [0.05, 0.1) is 6.61 Å². The molecule has 0 N–H and O–H groups in total. The van der Waals surface area contributed by atoms with Crippen LogP contribution in [-0.4, -0.2) is 16.4 Å². The largest absolute Gasteiger partial charge is 0.466 e. The van der Waals surface area contributed by atoms with Crippen LogP contribution in [0.2, 0.25) is 0 Å². The Bertz CT molecular complexity index is 126. The van der Waals surface area contributed by atoms with Crippen LogP contribution in [0.5, 0.6) is 0 Å². The van der Waals surface area contributed by atoms with Gasteiger partial charge in [-0.05, 0) is 13.3 Å². The fraction of sp³-hybridized carbons (Fsp3) is 0.875. The number of halogens is 3. The molecular weight excluding hydrogens is 234 g/mol. The summed E-state index contributed by atoms with van der Waals surface area (Å²) in [5, 5.41) is 0. The summed E-state index contributed by atoms with van der Waals surface area (Å²) in [7, 11) is 0. The first-order valence-corrected chi connectivity index (χ1v) is 5.10. The van der Waals surface area contributed by atoms with Gasteiger partial charge in [-0.25, -0.2) is 0 Å². The number of rotatable bonds is 3. The molecular formula is C8H15Cl3O2. The van der Waals surface area contributed by atoms with Crippen LogP contribution in [0, 0.1) is 0 Å². The number of hydrogen-bond donors (Lipinski definition) is 0. The summed E-state index contributed by atoms with van der Waals surface area (Å²) in [4.78, 5) is 10.1. The maximum atomic E-state index is 10.1. The smallest absolute Gasteiger partial charge is 0.302 e. The molecule has 0 atom stereocenters. The van der Waals surface area contributed by atoms with Crippen LogP contribution >= 0.6 is 34.8 Å². The highest BCUT2D eigenvalue weighted by Crippen LogP contribution is 2.23. The van der Waals surface area contributed by atoms with Crippen LogP contribution in [0.15, 0.2) is 0 Å². The predicted octanol–water partition coefficient (Wildman–Crippen LogP) is 3.73. The van der Waals surface area contributed by atoms with Gasteiger partial charge in [0, 0.05) is 6.92 Å². The Labute approximate surface area is 94.5 Å². The summed E-state index contributed by atoms with van der Waals surface area (Å²) in [5.74, 6) is -0.182. The van der Waals surface area contributed by atoms with Crippen molar-refractivity contribution in [3.63, 3.8) is 0 Å². The first-order valence-electron chi connectivity index (χ1n) is 3.97. The van der Waals surface area contributed by atoms with Crippen molar-refractivity contribution in [2.45, 2.75) is 37.4 Å². The molecule has 0 fully saturated rings. The number of hydrogen-bond acceptors (Lipinski definition) is 2. The van der Waals surface area contributed by atoms with E-state index in [4.69, 9.17) is 34.8 Å². The van der Waals surface area contributed by atoms with Crippen LogP contribution < -0.4 is 0 Å². The zero-order chi connectivity index (χ0) is 10.9. The van der Waals surface area contributed by atoms with E-state index >= 15 is 0 Å². The lowest BCUT2D eigenvalue weighted by molar-refractivity contribution is -0.141. The van der Waals surface area contributed by atoms with Gasteiger partial charge >= 0.3 is 5.97 Å². The first-order chi connectivity index (χ1) is 5.77. The highest BCUT2D eigenvalue weighted by Gasteiger charge is 2.07. The van der Waals surface area contributed by atoms with Crippen molar-refractivity contribution in [2.75, 3.05) is 6.61 Å². The summed E-state index contributed by atoms with van der Waals surface area (Å²) in [5.41, 5.74) is 0. The van der Waals surface area contributed by atoms with E-state index in [-0.39, 0.29) is 5.97 Å². The minimum absolute atomic E-state index is 0.182. The molecule has 0 radical (unpaired) electrons. The standard InChI is InChI=1S/C6H12O2.C2H3Cl3/c1-3-4-5-8-6(2)7;1-2(3,4)5/h3-5H2,1-2H3;1H3. The van der Waals surface area contributed by atoms with E-state index in [1.165, 1.54) is 13.8 Å². The molecule has 0 aromatic carbocycles. The van der Waals surface area contributed by atoms with Crippen molar-refractivity contribution in [1.82, 2.24) is 0 Å². The minimum atomic E-state index is -1.08. The van der Waals surface area contributed by atoms with Gasteiger partial charge < -0.3 is 4.74 Å². The molecule has 0 rings (SSSR count). The lowest BCUT2D eigenvalue weighted by atomic mass is 10.4. The van der Waals surface area contributed by atoms with E-state index in [0.717, 1.165) is 12.8 Å². The Balaban J connectivity index is 0. The number of carbonyl (C=O) groups excluding carboxylic acids is 1. The first kappa shape index (κ1) is 15.8. The predicted molar refractivity (Wildman–Crippen MR) is 57.5 cm³/mol. The molecule has 0 amide bonds. The Kier molecular flexibility index (Phi) is 10.8. The molecule has 0 aliphatic heterocycles. The maximum absolute atomic E-state index is 10.1. The Morgan fingerprint density at radius 2 is 1.77 bits per heavy atom. The van der Waals surface area contributed by atoms with Gasteiger partial charge in [-0.1, -0.05) is 48.1 Å². The van der Waals surface area contributed by atoms with Gasteiger partial charge in [-0.15, -0.1) is 0 Å². The van der Waals surface area contributed by atoms with Crippen LogP contribution in [-0.2, 0) is 9.53 Å². The van der Waals surface area contributed by atoms with Gasteiger partial charge in [-0.2, -0.15) is 0 Å². The topological polar surface area (TPSA) is 26.3 Å². The highest BCUT2D eigenvalue weighted by atomic mass is 35.6. The lowest BCUT2D eigenvalue weighted by Crippen LogP contribution is -1.99. The van der Waals surface area contributed by atoms with Crippen molar-refractivity contribution in [3.05, 3.63) is 0 Å². The molecule has 0 spiro atoms. The highest BCUT2D eigenvalue weighted by molar-refractivity contribution is 6.67. The van der Waals surface area contributed by atoms with Crippen molar-refractivity contribution >= 4 is 40.8 Å². The van der Waals surface area contributed by atoms with Gasteiger partial charge in [0.15, 0.2) is 3.79 Å². The molecule has 0 aromatic heterocycles. The second kappa shape index (κ2) is 8.92.